The van der Waals surface area contributed by atoms with Gasteiger partial charge in [0.2, 0.25) is 0 Å². The quantitative estimate of drug-likeness (QED) is 0.583. The minimum atomic E-state index is -0.816. The first kappa shape index (κ1) is 9.12. The van der Waals surface area contributed by atoms with Gasteiger partial charge in [-0.05, 0) is 12.1 Å². The largest absolute Gasteiger partial charge is 0.276 e. The van der Waals surface area contributed by atoms with E-state index in [0.29, 0.717) is 4.47 Å². The van der Waals surface area contributed by atoms with E-state index < -0.39 is 11.6 Å². The monoisotopic (exact) mass is 233 g/mol. The zero-order chi connectivity index (χ0) is 9.14. The highest BCUT2D eigenvalue weighted by Gasteiger charge is 2.12. The van der Waals surface area contributed by atoms with Crippen molar-refractivity contribution in [3.63, 3.8) is 0 Å². The Morgan fingerprint density at radius 2 is 2.25 bits per heavy atom. The van der Waals surface area contributed by atoms with Gasteiger partial charge in [-0.1, -0.05) is 15.9 Å². The molecule has 0 unspecified atom stereocenters. The molecule has 0 aromatic heterocycles. The van der Waals surface area contributed by atoms with Gasteiger partial charge in [-0.15, -0.1) is 0 Å². The number of nitro benzene ring substituents is 1. The third-order valence-electron chi connectivity index (χ3n) is 1.39. The van der Waals surface area contributed by atoms with E-state index in [1.165, 1.54) is 12.1 Å². The van der Waals surface area contributed by atoms with Gasteiger partial charge in [0, 0.05) is 10.5 Å². The Morgan fingerprint density at radius 1 is 1.58 bits per heavy atom. The second kappa shape index (κ2) is 3.62. The van der Waals surface area contributed by atoms with Crippen LogP contribution in [0.5, 0.6) is 0 Å². The Bertz CT molecular complexity index is 316. The smallest absolute Gasteiger partial charge is 0.258 e. The molecule has 0 radical (unpaired) electrons. The van der Waals surface area contributed by atoms with Crippen LogP contribution in [-0.2, 0) is 6.67 Å². The fraction of sp³-hybridized carbons (Fsp3) is 0.143. The summed E-state index contributed by atoms with van der Waals surface area (Å²) in [5, 5.41) is 10.4. The van der Waals surface area contributed by atoms with Crippen LogP contribution in [0.25, 0.3) is 0 Å². The molecule has 0 N–H and O–H groups in total. The molecule has 64 valence electrons. The van der Waals surface area contributed by atoms with E-state index >= 15 is 0 Å². The first-order chi connectivity index (χ1) is 5.65. The van der Waals surface area contributed by atoms with Crippen molar-refractivity contribution in [2.45, 2.75) is 6.67 Å². The minimum absolute atomic E-state index is 0.100. The average Bonchev–Trinajstić information content (AvgIpc) is 2.04. The molecule has 0 spiro atoms. The van der Waals surface area contributed by atoms with Crippen molar-refractivity contribution in [2.75, 3.05) is 0 Å². The van der Waals surface area contributed by atoms with Gasteiger partial charge in [-0.3, -0.25) is 10.1 Å². The molecule has 1 aromatic rings. The number of hydrogen-bond acceptors (Lipinski definition) is 2. The van der Waals surface area contributed by atoms with Crippen molar-refractivity contribution in [1.82, 2.24) is 0 Å². The van der Waals surface area contributed by atoms with E-state index in [4.69, 9.17) is 0 Å². The molecule has 1 rings (SSSR count). The summed E-state index contributed by atoms with van der Waals surface area (Å²) in [6.45, 7) is -0.816. The fourth-order valence-electron chi connectivity index (χ4n) is 0.820. The Labute approximate surface area is 76.5 Å². The predicted octanol–water partition coefficient (Wildman–Crippen LogP) is 2.83. The van der Waals surface area contributed by atoms with Crippen LogP contribution in [0.4, 0.5) is 10.1 Å². The number of rotatable bonds is 2. The van der Waals surface area contributed by atoms with E-state index in [1.807, 2.05) is 0 Å². The molecule has 0 saturated heterocycles. The minimum Gasteiger partial charge on any atom is -0.258 e. The highest BCUT2D eigenvalue weighted by molar-refractivity contribution is 9.10. The van der Waals surface area contributed by atoms with Gasteiger partial charge in [0.25, 0.3) is 5.69 Å². The van der Waals surface area contributed by atoms with Gasteiger partial charge in [0.05, 0.1) is 10.5 Å². The molecule has 0 saturated carbocycles. The third-order valence-corrected chi connectivity index (χ3v) is 1.88. The molecule has 5 heteroatoms. The van der Waals surface area contributed by atoms with Crippen LogP contribution in [-0.4, -0.2) is 4.92 Å². The summed E-state index contributed by atoms with van der Waals surface area (Å²) in [5.74, 6) is 0. The van der Waals surface area contributed by atoms with Crippen LogP contribution in [0.3, 0.4) is 0 Å². The molecular weight excluding hydrogens is 229 g/mol. The van der Waals surface area contributed by atoms with Crippen LogP contribution < -0.4 is 0 Å². The SMILES string of the molecule is O=[N+]([O-])c1cc(Br)ccc1CF. The zero-order valence-corrected chi connectivity index (χ0v) is 7.54. The standard InChI is InChI=1S/C7H5BrFNO2/c8-6-2-1-5(4-9)7(3-6)10(11)12/h1-3H,4H2. The molecule has 0 aliphatic rings. The number of nitro groups is 1. The lowest BCUT2D eigenvalue weighted by Gasteiger charge is -1.97. The van der Waals surface area contributed by atoms with Gasteiger partial charge in [0.15, 0.2) is 0 Å². The molecule has 3 nitrogen and oxygen atoms in total. The molecule has 0 atom stereocenters. The van der Waals surface area contributed by atoms with E-state index in [-0.39, 0.29) is 11.3 Å². The maximum atomic E-state index is 12.2. The Kier molecular flexibility index (Phi) is 2.75. The van der Waals surface area contributed by atoms with E-state index in [1.54, 1.807) is 6.07 Å². The summed E-state index contributed by atoms with van der Waals surface area (Å²) in [7, 11) is 0. The van der Waals surface area contributed by atoms with Crippen LogP contribution in [0, 0.1) is 10.1 Å². The first-order valence-corrected chi connectivity index (χ1v) is 3.93. The van der Waals surface area contributed by atoms with E-state index in [0.717, 1.165) is 0 Å². The molecule has 0 aliphatic heterocycles. The summed E-state index contributed by atoms with van der Waals surface area (Å²) in [4.78, 5) is 9.75. The van der Waals surface area contributed by atoms with Gasteiger partial charge < -0.3 is 0 Å². The van der Waals surface area contributed by atoms with Gasteiger partial charge in [0.1, 0.15) is 6.67 Å². The number of halogens is 2. The summed E-state index contributed by atoms with van der Waals surface area (Å²) >= 11 is 3.07. The number of nitrogens with zero attached hydrogens (tertiary/aromatic N) is 1. The van der Waals surface area contributed by atoms with Crippen molar-refractivity contribution in [1.29, 1.82) is 0 Å². The molecule has 0 heterocycles. The summed E-state index contributed by atoms with van der Waals surface area (Å²) in [6, 6.07) is 4.25. The molecule has 0 aliphatic carbocycles. The van der Waals surface area contributed by atoms with Crippen molar-refractivity contribution >= 4 is 21.6 Å². The fourth-order valence-corrected chi connectivity index (χ4v) is 1.17. The van der Waals surface area contributed by atoms with Crippen molar-refractivity contribution in [3.05, 3.63) is 38.3 Å². The number of hydrogen-bond donors (Lipinski definition) is 0. The highest BCUT2D eigenvalue weighted by Crippen LogP contribution is 2.23. The topological polar surface area (TPSA) is 43.1 Å². The van der Waals surface area contributed by atoms with Crippen molar-refractivity contribution < 1.29 is 9.31 Å². The molecule has 0 fully saturated rings. The lowest BCUT2D eigenvalue weighted by Crippen LogP contribution is -1.93. The molecular formula is C7H5BrFNO2. The average molecular weight is 234 g/mol. The van der Waals surface area contributed by atoms with Crippen LogP contribution >= 0.6 is 15.9 Å². The summed E-state index contributed by atoms with van der Waals surface area (Å²) in [6.07, 6.45) is 0. The highest BCUT2D eigenvalue weighted by atomic mass is 79.9. The Balaban J connectivity index is 3.21. The third kappa shape index (κ3) is 1.79. The zero-order valence-electron chi connectivity index (χ0n) is 5.96. The second-order valence-corrected chi connectivity index (χ2v) is 3.08. The van der Waals surface area contributed by atoms with Crippen LogP contribution in [0.1, 0.15) is 5.56 Å². The van der Waals surface area contributed by atoms with E-state index in [2.05, 4.69) is 15.9 Å². The summed E-state index contributed by atoms with van der Waals surface area (Å²) < 4.78 is 12.7. The molecule has 1 aromatic carbocycles. The van der Waals surface area contributed by atoms with Gasteiger partial charge >= 0.3 is 0 Å². The maximum Gasteiger partial charge on any atom is 0.276 e. The second-order valence-electron chi connectivity index (χ2n) is 2.16. The van der Waals surface area contributed by atoms with Gasteiger partial charge in [-0.25, -0.2) is 4.39 Å². The predicted molar refractivity (Wildman–Crippen MR) is 45.6 cm³/mol. The maximum absolute atomic E-state index is 12.2. The number of alkyl halides is 1. The van der Waals surface area contributed by atoms with E-state index in [9.17, 15) is 14.5 Å². The lowest BCUT2D eigenvalue weighted by molar-refractivity contribution is -0.385. The lowest BCUT2D eigenvalue weighted by atomic mass is 10.2. The van der Waals surface area contributed by atoms with Crippen molar-refractivity contribution in [2.24, 2.45) is 0 Å². The van der Waals surface area contributed by atoms with Crippen molar-refractivity contribution in [3.8, 4) is 0 Å². The Morgan fingerprint density at radius 3 is 2.75 bits per heavy atom. The summed E-state index contributed by atoms with van der Waals surface area (Å²) in [5.41, 5.74) is -0.0879. The number of benzene rings is 1. The molecule has 0 amide bonds. The molecule has 12 heavy (non-hydrogen) atoms. The Hall–Kier alpha value is -0.970. The first-order valence-electron chi connectivity index (χ1n) is 3.14. The van der Waals surface area contributed by atoms with Crippen LogP contribution in [0.15, 0.2) is 22.7 Å². The van der Waals surface area contributed by atoms with Gasteiger partial charge in [-0.2, -0.15) is 0 Å². The normalized spacial score (nSPS) is 9.83. The molecule has 0 bridgehead atoms. The van der Waals surface area contributed by atoms with Crippen LogP contribution in [0.2, 0.25) is 0 Å².